The van der Waals surface area contributed by atoms with E-state index in [1.165, 1.54) is 33.0 Å². The van der Waals surface area contributed by atoms with E-state index in [1.54, 1.807) is 6.08 Å². The van der Waals surface area contributed by atoms with Crippen LogP contribution in [0.1, 0.15) is 11.1 Å². The lowest BCUT2D eigenvalue weighted by molar-refractivity contribution is 1.47. The lowest BCUT2D eigenvalue weighted by Crippen LogP contribution is -1.88. The van der Waals surface area contributed by atoms with Gasteiger partial charge < -0.3 is 0 Å². The lowest BCUT2D eigenvalue weighted by Gasteiger charge is -2.12. The molecule has 0 nitrogen and oxygen atoms in total. The van der Waals surface area contributed by atoms with Crippen LogP contribution in [0.3, 0.4) is 0 Å². The van der Waals surface area contributed by atoms with Gasteiger partial charge >= 0.3 is 0 Å². The second-order valence-electron chi connectivity index (χ2n) is 5.63. The van der Waals surface area contributed by atoms with Gasteiger partial charge in [0.15, 0.2) is 0 Å². The zero-order valence-electron chi connectivity index (χ0n) is 13.4. The normalized spacial score (nSPS) is 11.4. The van der Waals surface area contributed by atoms with E-state index in [1.807, 2.05) is 12.2 Å². The Morgan fingerprint density at radius 3 is 2.17 bits per heavy atom. The Morgan fingerprint density at radius 2 is 1.52 bits per heavy atom. The first-order chi connectivity index (χ1) is 11.2. The number of rotatable bonds is 4. The van der Waals surface area contributed by atoms with E-state index in [4.69, 9.17) is 0 Å². The molecule has 0 N–H and O–H groups in total. The number of hydrogen-bond acceptors (Lipinski definition) is 0. The van der Waals surface area contributed by atoms with Gasteiger partial charge in [-0.3, -0.25) is 0 Å². The molecule has 0 bridgehead atoms. The van der Waals surface area contributed by atoms with E-state index in [-0.39, 0.29) is 0 Å². The smallest absolute Gasteiger partial charge is 0.00992 e. The molecule has 0 aliphatic rings. The highest BCUT2D eigenvalue weighted by Gasteiger charge is 2.09. The Kier molecular flexibility index (Phi) is 4.25. The summed E-state index contributed by atoms with van der Waals surface area (Å²) in [6, 6.07) is 21.6. The fourth-order valence-electron chi connectivity index (χ4n) is 2.93. The molecule has 0 atom stereocenters. The standard InChI is InChI=1S/C23H20/c1-4-8-18(5-2)20-15-16-21(19-13-11-17(3)12-14-19)23-10-7-6-9-22(20)23/h4-16H,1-2H2,3H3/b18-8+. The van der Waals surface area contributed by atoms with Crippen LogP contribution in [0.4, 0.5) is 0 Å². The third-order valence-electron chi connectivity index (χ3n) is 4.11. The molecule has 0 heteroatoms. The van der Waals surface area contributed by atoms with Crippen LogP contribution in [-0.2, 0) is 0 Å². The van der Waals surface area contributed by atoms with E-state index in [0.717, 1.165) is 5.57 Å². The highest BCUT2D eigenvalue weighted by atomic mass is 14.1. The molecule has 112 valence electrons. The predicted molar refractivity (Wildman–Crippen MR) is 102 cm³/mol. The van der Waals surface area contributed by atoms with Crippen LogP contribution < -0.4 is 0 Å². The van der Waals surface area contributed by atoms with Gasteiger partial charge in [0.2, 0.25) is 0 Å². The van der Waals surface area contributed by atoms with Gasteiger partial charge in [0.25, 0.3) is 0 Å². The maximum absolute atomic E-state index is 3.94. The van der Waals surface area contributed by atoms with Gasteiger partial charge in [-0.05, 0) is 40.0 Å². The molecule has 3 rings (SSSR count). The van der Waals surface area contributed by atoms with Crippen molar-refractivity contribution in [2.45, 2.75) is 6.92 Å². The minimum absolute atomic E-state index is 1.09. The number of benzene rings is 3. The van der Waals surface area contributed by atoms with E-state index < -0.39 is 0 Å². The Labute approximate surface area is 138 Å². The fraction of sp³-hybridized carbons (Fsp3) is 0.0435. The van der Waals surface area contributed by atoms with Crippen molar-refractivity contribution in [1.82, 2.24) is 0 Å². The molecule has 0 aliphatic carbocycles. The van der Waals surface area contributed by atoms with Crippen LogP contribution in [0.25, 0.3) is 27.5 Å². The molecule has 0 saturated heterocycles. The van der Waals surface area contributed by atoms with Crippen LogP contribution in [0, 0.1) is 6.92 Å². The molecule has 3 aromatic rings. The molecule has 23 heavy (non-hydrogen) atoms. The zero-order valence-corrected chi connectivity index (χ0v) is 13.4. The largest absolute Gasteiger partial charge is 0.0990 e. The first kappa shape index (κ1) is 15.1. The molecule has 0 fully saturated rings. The SMILES string of the molecule is C=C/C=C(\C=C)c1ccc(-c2ccc(C)cc2)c2ccccc12. The van der Waals surface area contributed by atoms with Gasteiger partial charge in [-0.15, -0.1) is 0 Å². The summed E-state index contributed by atoms with van der Waals surface area (Å²) < 4.78 is 0. The maximum atomic E-state index is 3.94. The van der Waals surface area contributed by atoms with Crippen molar-refractivity contribution >= 4 is 16.3 Å². The van der Waals surface area contributed by atoms with Gasteiger partial charge in [-0.25, -0.2) is 0 Å². The monoisotopic (exact) mass is 296 g/mol. The molecule has 3 aromatic carbocycles. The molecule has 0 heterocycles. The van der Waals surface area contributed by atoms with Gasteiger partial charge in [0, 0.05) is 0 Å². The third kappa shape index (κ3) is 2.89. The highest BCUT2D eigenvalue weighted by molar-refractivity contribution is 6.03. The number of hydrogen-bond donors (Lipinski definition) is 0. The summed E-state index contributed by atoms with van der Waals surface area (Å²) in [7, 11) is 0. The van der Waals surface area contributed by atoms with Crippen molar-refractivity contribution < 1.29 is 0 Å². The number of allylic oxidation sites excluding steroid dienone is 4. The van der Waals surface area contributed by atoms with Crippen molar-refractivity contribution in [3.8, 4) is 11.1 Å². The van der Waals surface area contributed by atoms with E-state index in [0.29, 0.717) is 0 Å². The summed E-state index contributed by atoms with van der Waals surface area (Å²) in [4.78, 5) is 0. The molecule has 0 aromatic heterocycles. The minimum Gasteiger partial charge on any atom is -0.0990 e. The van der Waals surface area contributed by atoms with E-state index in [2.05, 4.69) is 80.7 Å². The predicted octanol–water partition coefficient (Wildman–Crippen LogP) is 6.57. The summed E-state index contributed by atoms with van der Waals surface area (Å²) in [6.45, 7) is 9.85. The minimum atomic E-state index is 1.09. The van der Waals surface area contributed by atoms with Crippen LogP contribution >= 0.6 is 0 Å². The molecular weight excluding hydrogens is 276 g/mol. The maximum Gasteiger partial charge on any atom is -0.00992 e. The van der Waals surface area contributed by atoms with Crippen molar-refractivity contribution in [2.75, 3.05) is 0 Å². The first-order valence-electron chi connectivity index (χ1n) is 7.79. The molecule has 0 aliphatic heterocycles. The van der Waals surface area contributed by atoms with Crippen molar-refractivity contribution in [3.05, 3.63) is 103 Å². The quantitative estimate of drug-likeness (QED) is 0.477. The second kappa shape index (κ2) is 6.50. The molecular formula is C23H20. The zero-order chi connectivity index (χ0) is 16.2. The van der Waals surface area contributed by atoms with Gasteiger partial charge in [-0.1, -0.05) is 97.6 Å². The van der Waals surface area contributed by atoms with Crippen LogP contribution in [-0.4, -0.2) is 0 Å². The Hall–Kier alpha value is -2.86. The van der Waals surface area contributed by atoms with Crippen molar-refractivity contribution in [1.29, 1.82) is 0 Å². The summed E-state index contributed by atoms with van der Waals surface area (Å²) in [6.07, 6.45) is 5.69. The van der Waals surface area contributed by atoms with Gasteiger partial charge in [0.05, 0.1) is 0 Å². The molecule has 0 spiro atoms. The highest BCUT2D eigenvalue weighted by Crippen LogP contribution is 2.34. The summed E-state index contributed by atoms with van der Waals surface area (Å²) in [5.41, 5.74) is 6.05. The number of aryl methyl sites for hydroxylation is 1. The van der Waals surface area contributed by atoms with Crippen LogP contribution in [0.2, 0.25) is 0 Å². The summed E-state index contributed by atoms with van der Waals surface area (Å²) in [5.74, 6) is 0. The summed E-state index contributed by atoms with van der Waals surface area (Å²) in [5, 5.41) is 2.49. The topological polar surface area (TPSA) is 0 Å². The van der Waals surface area contributed by atoms with Gasteiger partial charge in [-0.2, -0.15) is 0 Å². The molecule has 0 saturated carbocycles. The average Bonchev–Trinajstić information content (AvgIpc) is 2.60. The van der Waals surface area contributed by atoms with Crippen molar-refractivity contribution in [3.63, 3.8) is 0 Å². The Morgan fingerprint density at radius 1 is 0.826 bits per heavy atom. The second-order valence-corrected chi connectivity index (χ2v) is 5.63. The first-order valence-corrected chi connectivity index (χ1v) is 7.79. The Balaban J connectivity index is 2.28. The lowest BCUT2D eigenvalue weighted by atomic mass is 9.91. The molecule has 0 unspecified atom stereocenters. The van der Waals surface area contributed by atoms with E-state index in [9.17, 15) is 0 Å². The molecule has 0 radical (unpaired) electrons. The number of fused-ring (bicyclic) bond motifs is 1. The molecule has 0 amide bonds. The average molecular weight is 296 g/mol. The van der Waals surface area contributed by atoms with E-state index >= 15 is 0 Å². The third-order valence-corrected chi connectivity index (χ3v) is 4.11. The fourth-order valence-corrected chi connectivity index (χ4v) is 2.93. The Bertz CT molecular complexity index is 893. The van der Waals surface area contributed by atoms with Crippen LogP contribution in [0.5, 0.6) is 0 Å². The van der Waals surface area contributed by atoms with Gasteiger partial charge in [0.1, 0.15) is 0 Å². The van der Waals surface area contributed by atoms with Crippen molar-refractivity contribution in [2.24, 2.45) is 0 Å². The summed E-state index contributed by atoms with van der Waals surface area (Å²) >= 11 is 0. The van der Waals surface area contributed by atoms with Crippen LogP contribution in [0.15, 0.2) is 92.0 Å².